The van der Waals surface area contributed by atoms with Crippen molar-refractivity contribution >= 4 is 30.9 Å². The van der Waals surface area contributed by atoms with Gasteiger partial charge in [-0.1, -0.05) is 51.6 Å². The van der Waals surface area contributed by atoms with Crippen LogP contribution in [0.4, 0.5) is 0 Å². The standard InChI is InChI=1S/C23H26N4OSi/c1-7-16-13-14-27-20(15-16)25-26-22(27)18-12-11-17-9-8-10-19(21(17)24-18)28-29(5,6)23(2,3)4/h7-15H,1H2,2-6H3. The maximum absolute atomic E-state index is 6.59. The fraction of sp³-hybridized carbons (Fsp3) is 0.261. The van der Waals surface area contributed by atoms with Crippen molar-refractivity contribution in [2.75, 3.05) is 0 Å². The Morgan fingerprint density at radius 1 is 1.07 bits per heavy atom. The van der Waals surface area contributed by atoms with E-state index in [1.807, 2.05) is 40.9 Å². The lowest BCUT2D eigenvalue weighted by atomic mass is 10.2. The maximum atomic E-state index is 6.59. The Labute approximate surface area is 172 Å². The Balaban J connectivity index is 1.83. The van der Waals surface area contributed by atoms with E-state index in [1.165, 1.54) is 0 Å². The third kappa shape index (κ3) is 3.44. The first-order chi connectivity index (χ1) is 13.7. The van der Waals surface area contributed by atoms with Gasteiger partial charge in [0, 0.05) is 11.6 Å². The summed E-state index contributed by atoms with van der Waals surface area (Å²) in [5, 5.41) is 9.83. The predicted octanol–water partition coefficient (Wildman–Crippen LogP) is 5.97. The number of pyridine rings is 2. The summed E-state index contributed by atoms with van der Waals surface area (Å²) in [6.45, 7) is 15.0. The molecule has 1 aromatic carbocycles. The Hall–Kier alpha value is -2.99. The van der Waals surface area contributed by atoms with E-state index in [9.17, 15) is 0 Å². The summed E-state index contributed by atoms with van der Waals surface area (Å²) in [5.74, 6) is 1.54. The molecule has 0 bridgehead atoms. The fourth-order valence-electron chi connectivity index (χ4n) is 2.96. The molecule has 0 aliphatic heterocycles. The molecule has 0 atom stereocenters. The molecule has 0 amide bonds. The van der Waals surface area contributed by atoms with Gasteiger partial charge in [-0.3, -0.25) is 4.40 Å². The van der Waals surface area contributed by atoms with Gasteiger partial charge in [-0.2, -0.15) is 0 Å². The average Bonchev–Trinajstić information content (AvgIpc) is 3.10. The van der Waals surface area contributed by atoms with E-state index in [-0.39, 0.29) is 5.04 Å². The van der Waals surface area contributed by atoms with Gasteiger partial charge < -0.3 is 4.43 Å². The van der Waals surface area contributed by atoms with Crippen LogP contribution >= 0.6 is 0 Å². The predicted molar refractivity (Wildman–Crippen MR) is 122 cm³/mol. The van der Waals surface area contributed by atoms with E-state index in [0.29, 0.717) is 5.82 Å². The molecule has 3 heterocycles. The minimum atomic E-state index is -1.98. The number of rotatable bonds is 4. The molecule has 0 N–H and O–H groups in total. The van der Waals surface area contributed by atoms with Crippen LogP contribution in [-0.2, 0) is 0 Å². The van der Waals surface area contributed by atoms with Gasteiger partial charge in [0.05, 0.1) is 0 Å². The van der Waals surface area contributed by atoms with Gasteiger partial charge in [-0.25, -0.2) is 4.98 Å². The van der Waals surface area contributed by atoms with Gasteiger partial charge in [-0.15, -0.1) is 10.2 Å². The van der Waals surface area contributed by atoms with Crippen molar-refractivity contribution in [1.82, 2.24) is 19.6 Å². The van der Waals surface area contributed by atoms with Crippen LogP contribution in [0.5, 0.6) is 5.75 Å². The monoisotopic (exact) mass is 402 g/mol. The first kappa shape index (κ1) is 19.3. The van der Waals surface area contributed by atoms with Crippen LogP contribution in [0.2, 0.25) is 18.1 Å². The Morgan fingerprint density at radius 2 is 1.86 bits per heavy atom. The molecule has 148 valence electrons. The number of fused-ring (bicyclic) bond motifs is 2. The van der Waals surface area contributed by atoms with Crippen LogP contribution in [0.25, 0.3) is 34.1 Å². The van der Waals surface area contributed by atoms with E-state index >= 15 is 0 Å². The topological polar surface area (TPSA) is 52.3 Å². The highest BCUT2D eigenvalue weighted by atomic mass is 28.4. The smallest absolute Gasteiger partial charge is 0.250 e. The van der Waals surface area contributed by atoms with Gasteiger partial charge in [0.2, 0.25) is 0 Å². The average molecular weight is 403 g/mol. The third-order valence-electron chi connectivity index (χ3n) is 5.75. The highest BCUT2D eigenvalue weighted by Crippen LogP contribution is 2.39. The quantitative estimate of drug-likeness (QED) is 0.395. The summed E-state index contributed by atoms with van der Waals surface area (Å²) in [4.78, 5) is 4.93. The van der Waals surface area contributed by atoms with Gasteiger partial charge in [-0.05, 0) is 48.0 Å². The molecule has 0 unspecified atom stereocenters. The van der Waals surface area contributed by atoms with Crippen LogP contribution in [0, 0.1) is 0 Å². The maximum Gasteiger partial charge on any atom is 0.250 e. The number of aromatic nitrogens is 4. The lowest BCUT2D eigenvalue weighted by Gasteiger charge is -2.36. The van der Waals surface area contributed by atoms with Gasteiger partial charge >= 0.3 is 0 Å². The summed E-state index contributed by atoms with van der Waals surface area (Å²) in [6, 6.07) is 14.1. The molecule has 0 fully saturated rings. The molecule has 0 spiro atoms. The van der Waals surface area contributed by atoms with Crippen molar-refractivity contribution in [3.05, 3.63) is 60.8 Å². The minimum absolute atomic E-state index is 0.110. The van der Waals surface area contributed by atoms with Crippen molar-refractivity contribution in [2.24, 2.45) is 0 Å². The fourth-order valence-corrected chi connectivity index (χ4v) is 3.98. The first-order valence-corrected chi connectivity index (χ1v) is 12.7. The Morgan fingerprint density at radius 3 is 2.59 bits per heavy atom. The van der Waals surface area contributed by atoms with E-state index in [2.05, 4.69) is 62.8 Å². The lowest BCUT2D eigenvalue weighted by molar-refractivity contribution is 0.495. The van der Waals surface area contributed by atoms with Crippen molar-refractivity contribution < 1.29 is 4.43 Å². The van der Waals surface area contributed by atoms with Crippen molar-refractivity contribution in [3.63, 3.8) is 0 Å². The molecule has 29 heavy (non-hydrogen) atoms. The second-order valence-electron chi connectivity index (χ2n) is 8.80. The molecule has 6 heteroatoms. The lowest BCUT2D eigenvalue weighted by Crippen LogP contribution is -2.43. The van der Waals surface area contributed by atoms with Gasteiger partial charge in [0.25, 0.3) is 8.32 Å². The SMILES string of the molecule is C=Cc1ccn2c(-c3ccc4cccc(O[Si](C)(C)C(C)(C)C)c4n3)nnc2c1. The van der Waals surface area contributed by atoms with Crippen LogP contribution < -0.4 is 4.43 Å². The molecule has 4 aromatic rings. The molecule has 0 aliphatic carbocycles. The van der Waals surface area contributed by atoms with Crippen molar-refractivity contribution in [3.8, 4) is 17.3 Å². The zero-order valence-electron chi connectivity index (χ0n) is 17.6. The summed E-state index contributed by atoms with van der Waals surface area (Å²) in [6.07, 6.45) is 3.75. The normalized spacial score (nSPS) is 12.4. The summed E-state index contributed by atoms with van der Waals surface area (Å²) in [5.41, 5.74) is 3.40. The van der Waals surface area contributed by atoms with E-state index in [1.54, 1.807) is 6.08 Å². The summed E-state index contributed by atoms with van der Waals surface area (Å²) >= 11 is 0. The van der Waals surface area contributed by atoms with Crippen LogP contribution in [0.1, 0.15) is 26.3 Å². The summed E-state index contributed by atoms with van der Waals surface area (Å²) in [7, 11) is -1.98. The molecule has 0 aliphatic rings. The Kier molecular flexibility index (Phi) is 4.54. The van der Waals surface area contributed by atoms with Gasteiger partial charge in [0.1, 0.15) is 17.0 Å². The number of benzene rings is 1. The van der Waals surface area contributed by atoms with Gasteiger partial charge in [0.15, 0.2) is 11.5 Å². The molecular formula is C23H26N4OSi. The number of hydrogen-bond acceptors (Lipinski definition) is 4. The minimum Gasteiger partial charge on any atom is -0.542 e. The second-order valence-corrected chi connectivity index (χ2v) is 13.5. The highest BCUT2D eigenvalue weighted by molar-refractivity contribution is 6.74. The largest absolute Gasteiger partial charge is 0.542 e. The molecule has 5 nitrogen and oxygen atoms in total. The molecule has 3 aromatic heterocycles. The highest BCUT2D eigenvalue weighted by Gasteiger charge is 2.39. The molecular weight excluding hydrogens is 376 g/mol. The third-order valence-corrected chi connectivity index (χ3v) is 10.1. The first-order valence-electron chi connectivity index (χ1n) is 9.76. The van der Waals surface area contributed by atoms with E-state index < -0.39 is 8.32 Å². The second kappa shape index (κ2) is 6.81. The number of hydrogen-bond donors (Lipinski definition) is 0. The molecule has 0 saturated heterocycles. The van der Waals surface area contributed by atoms with Crippen molar-refractivity contribution in [2.45, 2.75) is 38.9 Å². The zero-order chi connectivity index (χ0) is 20.8. The van der Waals surface area contributed by atoms with E-state index in [0.717, 1.165) is 33.6 Å². The zero-order valence-corrected chi connectivity index (χ0v) is 18.6. The molecule has 4 rings (SSSR count). The van der Waals surface area contributed by atoms with E-state index in [4.69, 9.17) is 9.41 Å². The Bertz CT molecular complexity index is 1220. The van der Waals surface area contributed by atoms with Crippen LogP contribution in [0.3, 0.4) is 0 Å². The van der Waals surface area contributed by atoms with Crippen LogP contribution in [0.15, 0.2) is 55.2 Å². The molecule has 0 radical (unpaired) electrons. The number of para-hydroxylation sites is 1. The van der Waals surface area contributed by atoms with Crippen LogP contribution in [-0.4, -0.2) is 27.9 Å². The number of nitrogens with zero attached hydrogens (tertiary/aromatic N) is 4. The summed E-state index contributed by atoms with van der Waals surface area (Å²) < 4.78 is 8.54. The van der Waals surface area contributed by atoms with Crippen molar-refractivity contribution in [1.29, 1.82) is 0 Å². The molecule has 0 saturated carbocycles.